The van der Waals surface area contributed by atoms with Crippen LogP contribution in [-0.2, 0) is 0 Å². The summed E-state index contributed by atoms with van der Waals surface area (Å²) in [5, 5.41) is 0. The Morgan fingerprint density at radius 3 is 1.82 bits per heavy atom. The van der Waals surface area contributed by atoms with Crippen LogP contribution in [0.15, 0.2) is 0 Å². The van der Waals surface area contributed by atoms with Crippen LogP contribution in [-0.4, -0.2) is 26.5 Å². The van der Waals surface area contributed by atoms with Crippen molar-refractivity contribution in [1.82, 2.24) is 0 Å². The van der Waals surface area contributed by atoms with Crippen LogP contribution in [0.5, 0.6) is 0 Å². The Labute approximate surface area is 106 Å². The first-order chi connectivity index (χ1) is 7.85. The van der Waals surface area contributed by atoms with E-state index in [-0.39, 0.29) is 11.8 Å². The van der Waals surface area contributed by atoms with Gasteiger partial charge in [0.2, 0.25) is 0 Å². The van der Waals surface area contributed by atoms with Crippen LogP contribution in [0.3, 0.4) is 0 Å². The van der Waals surface area contributed by atoms with Crippen molar-refractivity contribution in [1.29, 1.82) is 0 Å². The number of hydrogen-bond acceptors (Lipinski definition) is 3. The van der Waals surface area contributed by atoms with E-state index in [1.54, 1.807) is 0 Å². The molecule has 3 N–H and O–H groups in total. The molecule has 4 heteroatoms. The van der Waals surface area contributed by atoms with E-state index in [0.717, 1.165) is 44.9 Å². The van der Waals surface area contributed by atoms with Crippen LogP contribution in [0, 0.1) is 0 Å². The SMILES string of the molecule is CCCCCC(CCC)P(O)(O)(O)CCCC. The predicted octanol–water partition coefficient (Wildman–Crippen LogP) is 3.81. The van der Waals surface area contributed by atoms with Crippen LogP contribution in [0.4, 0.5) is 0 Å². The number of hydrogen-bond donors (Lipinski definition) is 3. The third kappa shape index (κ3) is 6.71. The van der Waals surface area contributed by atoms with Crippen molar-refractivity contribution in [3.8, 4) is 0 Å². The Balaban J connectivity index is 4.51. The summed E-state index contributed by atoms with van der Waals surface area (Å²) < 4.78 is 0. The standard InChI is InChI=1S/C13H31O3P/c1-4-7-9-11-13(10-6-3)17(14,15,16)12-8-5-2/h13-16H,4-12H2,1-3H3. The molecule has 1 atom stereocenters. The minimum atomic E-state index is -4.40. The molecule has 0 aliphatic rings. The molecule has 0 saturated heterocycles. The van der Waals surface area contributed by atoms with E-state index >= 15 is 0 Å². The molecule has 0 fully saturated rings. The Hall–Kier alpha value is 0.310. The summed E-state index contributed by atoms with van der Waals surface area (Å²) >= 11 is 0. The first-order valence-corrected chi connectivity index (χ1v) is 9.46. The minimum absolute atomic E-state index is 0.179. The van der Waals surface area contributed by atoms with E-state index in [0.29, 0.717) is 6.42 Å². The summed E-state index contributed by atoms with van der Waals surface area (Å²) in [6, 6.07) is 0. The fourth-order valence-corrected chi connectivity index (χ4v) is 5.07. The summed E-state index contributed by atoms with van der Waals surface area (Å²) in [6.45, 7) is 6.15. The molecular weight excluding hydrogens is 235 g/mol. The van der Waals surface area contributed by atoms with Crippen LogP contribution in [0.2, 0.25) is 0 Å². The van der Waals surface area contributed by atoms with Gasteiger partial charge in [-0.3, -0.25) is 0 Å². The zero-order valence-corrected chi connectivity index (χ0v) is 12.6. The number of unbranched alkanes of at least 4 members (excludes halogenated alkanes) is 3. The Morgan fingerprint density at radius 1 is 0.765 bits per heavy atom. The fourth-order valence-electron chi connectivity index (χ4n) is 2.28. The summed E-state index contributed by atoms with van der Waals surface area (Å²) in [5.74, 6) is 0. The molecule has 0 aromatic rings. The average molecular weight is 266 g/mol. The predicted molar refractivity (Wildman–Crippen MR) is 76.2 cm³/mol. The van der Waals surface area contributed by atoms with Crippen LogP contribution >= 0.6 is 7.28 Å². The van der Waals surface area contributed by atoms with Gasteiger partial charge in [-0.2, -0.15) is 0 Å². The molecule has 0 aromatic carbocycles. The quantitative estimate of drug-likeness (QED) is 0.416. The second-order valence-corrected chi connectivity index (χ2v) is 8.86. The average Bonchev–Trinajstić information content (AvgIpc) is 2.25. The van der Waals surface area contributed by atoms with Gasteiger partial charge >= 0.3 is 106 Å². The summed E-state index contributed by atoms with van der Waals surface area (Å²) in [6.07, 6.45) is 7.30. The van der Waals surface area contributed by atoms with Crippen molar-refractivity contribution in [3.63, 3.8) is 0 Å². The molecule has 0 aromatic heterocycles. The van der Waals surface area contributed by atoms with Crippen LogP contribution < -0.4 is 0 Å². The monoisotopic (exact) mass is 266 g/mol. The molecule has 3 nitrogen and oxygen atoms in total. The molecule has 17 heavy (non-hydrogen) atoms. The molecule has 0 rings (SSSR count). The van der Waals surface area contributed by atoms with Gasteiger partial charge in [0.05, 0.1) is 0 Å². The first kappa shape index (κ1) is 17.3. The normalized spacial score (nSPS) is 16.5. The first-order valence-electron chi connectivity index (χ1n) is 7.11. The van der Waals surface area contributed by atoms with E-state index in [2.05, 4.69) is 6.92 Å². The number of rotatable bonds is 10. The molecule has 0 radical (unpaired) electrons. The van der Waals surface area contributed by atoms with Gasteiger partial charge in [0, 0.05) is 0 Å². The molecule has 0 heterocycles. The zero-order chi connectivity index (χ0) is 13.4. The molecule has 1 unspecified atom stereocenters. The molecule has 0 spiro atoms. The fraction of sp³-hybridized carbons (Fsp3) is 1.00. The van der Waals surface area contributed by atoms with Gasteiger partial charge in [-0.25, -0.2) is 0 Å². The van der Waals surface area contributed by atoms with Crippen molar-refractivity contribution >= 4 is 7.28 Å². The van der Waals surface area contributed by atoms with E-state index in [4.69, 9.17) is 0 Å². The third-order valence-electron chi connectivity index (χ3n) is 3.45. The van der Waals surface area contributed by atoms with Crippen LogP contribution in [0.1, 0.15) is 72.1 Å². The second kappa shape index (κ2) is 7.68. The molecule has 0 amide bonds. The van der Waals surface area contributed by atoms with Crippen molar-refractivity contribution < 1.29 is 14.7 Å². The molecule has 0 bridgehead atoms. The third-order valence-corrected chi connectivity index (χ3v) is 6.64. The van der Waals surface area contributed by atoms with Gasteiger partial charge < -0.3 is 0 Å². The maximum atomic E-state index is 10.2. The molecule has 0 saturated carbocycles. The Kier molecular flexibility index (Phi) is 7.82. The van der Waals surface area contributed by atoms with Crippen molar-refractivity contribution in [2.45, 2.75) is 77.8 Å². The van der Waals surface area contributed by atoms with Gasteiger partial charge in [-0.05, 0) is 0 Å². The summed E-state index contributed by atoms with van der Waals surface area (Å²) in [5.41, 5.74) is -0.302. The Morgan fingerprint density at radius 2 is 1.35 bits per heavy atom. The van der Waals surface area contributed by atoms with Gasteiger partial charge in [-0.15, -0.1) is 0 Å². The molecular formula is C13H31O3P. The summed E-state index contributed by atoms with van der Waals surface area (Å²) in [7, 11) is -4.40. The maximum absolute atomic E-state index is 10.2. The van der Waals surface area contributed by atoms with Crippen molar-refractivity contribution in [3.05, 3.63) is 0 Å². The van der Waals surface area contributed by atoms with Gasteiger partial charge in [0.1, 0.15) is 0 Å². The molecule has 0 aliphatic heterocycles. The van der Waals surface area contributed by atoms with Crippen molar-refractivity contribution in [2.75, 3.05) is 6.16 Å². The van der Waals surface area contributed by atoms with Gasteiger partial charge in [0.15, 0.2) is 0 Å². The van der Waals surface area contributed by atoms with E-state index in [1.165, 1.54) is 0 Å². The van der Waals surface area contributed by atoms with Gasteiger partial charge in [0.25, 0.3) is 0 Å². The second-order valence-electron chi connectivity index (χ2n) is 5.24. The Bertz CT molecular complexity index is 199. The molecule has 0 aliphatic carbocycles. The van der Waals surface area contributed by atoms with Crippen molar-refractivity contribution in [2.24, 2.45) is 0 Å². The topological polar surface area (TPSA) is 60.7 Å². The van der Waals surface area contributed by atoms with E-state index < -0.39 is 7.28 Å². The van der Waals surface area contributed by atoms with Crippen LogP contribution in [0.25, 0.3) is 0 Å². The zero-order valence-electron chi connectivity index (χ0n) is 11.7. The molecule has 106 valence electrons. The van der Waals surface area contributed by atoms with Gasteiger partial charge in [-0.1, -0.05) is 0 Å². The summed E-state index contributed by atoms with van der Waals surface area (Å²) in [4.78, 5) is 30.7. The van der Waals surface area contributed by atoms with E-state index in [1.807, 2.05) is 13.8 Å². The van der Waals surface area contributed by atoms with E-state index in [9.17, 15) is 14.7 Å².